The summed E-state index contributed by atoms with van der Waals surface area (Å²) in [6.07, 6.45) is 2.92. The number of para-hydroxylation sites is 1. The Kier molecular flexibility index (Phi) is 5.58. The molecule has 0 N–H and O–H groups in total. The van der Waals surface area contributed by atoms with E-state index in [1.807, 2.05) is 73.7 Å². The summed E-state index contributed by atoms with van der Waals surface area (Å²) in [6, 6.07) is 23.6. The quantitative estimate of drug-likeness (QED) is 0.524. The Morgan fingerprint density at radius 3 is 2.45 bits per heavy atom. The molecule has 0 unspecified atom stereocenters. The molecule has 1 fully saturated rings. The summed E-state index contributed by atoms with van der Waals surface area (Å²) < 4.78 is 0. The third-order valence-electron chi connectivity index (χ3n) is 4.59. The molecule has 0 saturated carbocycles. The van der Waals surface area contributed by atoms with Crippen molar-refractivity contribution in [3.05, 3.63) is 94.5 Å². The van der Waals surface area contributed by atoms with Crippen LogP contribution in [0.3, 0.4) is 0 Å². The number of aryl methyl sites for hydroxylation is 2. The summed E-state index contributed by atoms with van der Waals surface area (Å²) in [5.41, 5.74) is 3.96. The van der Waals surface area contributed by atoms with Crippen LogP contribution in [-0.2, 0) is 11.2 Å². The van der Waals surface area contributed by atoms with E-state index in [0.29, 0.717) is 15.9 Å². The van der Waals surface area contributed by atoms with Crippen molar-refractivity contribution in [1.29, 1.82) is 0 Å². The lowest BCUT2D eigenvalue weighted by molar-refractivity contribution is -0.113. The molecular formula is C24H21N3OS. The van der Waals surface area contributed by atoms with Crippen molar-refractivity contribution in [2.24, 2.45) is 4.99 Å². The fraction of sp³-hybridized carbons (Fsp3) is 0.125. The minimum atomic E-state index is -0.0767. The average molecular weight is 400 g/mol. The number of carbonyl (C=O) groups excluding carboxylic acids is 1. The standard InChI is InChI=1S/C24H21N3OS/c1-3-18-12-14-19(15-13-18)16-21-23(28)27(20-9-5-4-6-10-20)24(29-21)26-22-11-7-8-17(2)25-22/h4-16H,3H2,1-2H3/b21-16-,26-24+. The average Bonchev–Trinajstić information content (AvgIpc) is 3.04. The first-order valence-corrected chi connectivity index (χ1v) is 10.4. The van der Waals surface area contributed by atoms with E-state index in [1.165, 1.54) is 17.3 Å². The van der Waals surface area contributed by atoms with Gasteiger partial charge in [-0.25, -0.2) is 9.98 Å². The second kappa shape index (κ2) is 8.45. The Labute approximate surface area is 175 Å². The molecular weight excluding hydrogens is 378 g/mol. The van der Waals surface area contributed by atoms with Crippen LogP contribution >= 0.6 is 11.8 Å². The molecule has 1 aliphatic heterocycles. The van der Waals surface area contributed by atoms with Crippen molar-refractivity contribution in [2.75, 3.05) is 4.90 Å². The van der Waals surface area contributed by atoms with Crippen LogP contribution in [0.15, 0.2) is 82.7 Å². The number of hydrogen-bond acceptors (Lipinski definition) is 4. The van der Waals surface area contributed by atoms with Crippen LogP contribution in [-0.4, -0.2) is 16.1 Å². The summed E-state index contributed by atoms with van der Waals surface area (Å²) in [6.45, 7) is 4.06. The Bertz CT molecular complexity index is 1090. The molecule has 0 radical (unpaired) electrons. The zero-order valence-electron chi connectivity index (χ0n) is 16.4. The van der Waals surface area contributed by atoms with E-state index in [9.17, 15) is 4.79 Å². The van der Waals surface area contributed by atoms with Gasteiger partial charge in [-0.15, -0.1) is 0 Å². The van der Waals surface area contributed by atoms with Crippen LogP contribution < -0.4 is 4.90 Å². The molecule has 2 heterocycles. The largest absolute Gasteiger partial charge is 0.271 e. The predicted molar refractivity (Wildman–Crippen MR) is 121 cm³/mol. The number of pyridine rings is 1. The number of hydrogen-bond donors (Lipinski definition) is 0. The number of aromatic nitrogens is 1. The molecule has 144 valence electrons. The highest BCUT2D eigenvalue weighted by molar-refractivity contribution is 8.19. The van der Waals surface area contributed by atoms with Crippen LogP contribution in [0.25, 0.3) is 6.08 Å². The highest BCUT2D eigenvalue weighted by Crippen LogP contribution is 2.37. The van der Waals surface area contributed by atoms with Gasteiger partial charge in [-0.05, 0) is 66.6 Å². The number of amidine groups is 1. The lowest BCUT2D eigenvalue weighted by atomic mass is 10.1. The van der Waals surface area contributed by atoms with Crippen LogP contribution in [0.1, 0.15) is 23.7 Å². The maximum atomic E-state index is 13.2. The molecule has 0 bridgehead atoms. The molecule has 1 saturated heterocycles. The normalized spacial score (nSPS) is 16.8. The Hall–Kier alpha value is -3.18. The van der Waals surface area contributed by atoms with Gasteiger partial charge in [0.15, 0.2) is 11.0 Å². The van der Waals surface area contributed by atoms with E-state index in [1.54, 1.807) is 4.90 Å². The smallest absolute Gasteiger partial charge is 0.268 e. The number of rotatable bonds is 4. The van der Waals surface area contributed by atoms with Gasteiger partial charge in [0.1, 0.15) is 0 Å². The molecule has 3 aromatic rings. The van der Waals surface area contributed by atoms with E-state index in [2.05, 4.69) is 29.0 Å². The number of carbonyl (C=O) groups is 1. The van der Waals surface area contributed by atoms with Gasteiger partial charge in [0.05, 0.1) is 10.6 Å². The van der Waals surface area contributed by atoms with Gasteiger partial charge in [-0.1, -0.05) is 55.5 Å². The maximum absolute atomic E-state index is 13.2. The second-order valence-corrected chi connectivity index (χ2v) is 7.72. The van der Waals surface area contributed by atoms with Gasteiger partial charge >= 0.3 is 0 Å². The summed E-state index contributed by atoms with van der Waals surface area (Å²) in [5.74, 6) is 0.516. The highest BCUT2D eigenvalue weighted by atomic mass is 32.2. The van der Waals surface area contributed by atoms with Crippen molar-refractivity contribution in [2.45, 2.75) is 20.3 Å². The zero-order valence-corrected chi connectivity index (χ0v) is 17.2. The monoisotopic (exact) mass is 399 g/mol. The molecule has 5 heteroatoms. The van der Waals surface area contributed by atoms with Crippen molar-refractivity contribution >= 4 is 40.4 Å². The zero-order chi connectivity index (χ0) is 20.2. The summed E-state index contributed by atoms with van der Waals surface area (Å²) in [5, 5.41) is 0.607. The molecule has 0 spiro atoms. The van der Waals surface area contributed by atoms with Gasteiger partial charge in [0.25, 0.3) is 5.91 Å². The molecule has 0 aliphatic carbocycles. The van der Waals surface area contributed by atoms with Crippen LogP contribution in [0.2, 0.25) is 0 Å². The topological polar surface area (TPSA) is 45.6 Å². The Morgan fingerprint density at radius 1 is 1.00 bits per heavy atom. The molecule has 1 aromatic heterocycles. The van der Waals surface area contributed by atoms with Gasteiger partial charge in [0.2, 0.25) is 0 Å². The van der Waals surface area contributed by atoms with Crippen molar-refractivity contribution < 1.29 is 4.79 Å². The highest BCUT2D eigenvalue weighted by Gasteiger charge is 2.34. The lowest BCUT2D eigenvalue weighted by Gasteiger charge is -2.15. The minimum Gasteiger partial charge on any atom is -0.268 e. The van der Waals surface area contributed by atoms with E-state index in [4.69, 9.17) is 0 Å². The van der Waals surface area contributed by atoms with Crippen molar-refractivity contribution in [3.63, 3.8) is 0 Å². The Balaban J connectivity index is 1.74. The van der Waals surface area contributed by atoms with E-state index in [0.717, 1.165) is 23.4 Å². The Morgan fingerprint density at radius 2 is 1.76 bits per heavy atom. The lowest BCUT2D eigenvalue weighted by Crippen LogP contribution is -2.28. The van der Waals surface area contributed by atoms with Gasteiger partial charge < -0.3 is 0 Å². The van der Waals surface area contributed by atoms with Gasteiger partial charge in [0, 0.05) is 5.69 Å². The first kappa shape index (κ1) is 19.2. The van der Waals surface area contributed by atoms with Crippen molar-refractivity contribution in [3.8, 4) is 0 Å². The predicted octanol–water partition coefficient (Wildman–Crippen LogP) is 5.76. The summed E-state index contributed by atoms with van der Waals surface area (Å²) in [7, 11) is 0. The van der Waals surface area contributed by atoms with E-state index in [-0.39, 0.29) is 5.91 Å². The van der Waals surface area contributed by atoms with E-state index >= 15 is 0 Å². The SMILES string of the molecule is CCc1ccc(/C=C2\S/C(=N/c3cccc(C)n3)N(c3ccccc3)C2=O)cc1. The number of nitrogens with zero attached hydrogens (tertiary/aromatic N) is 3. The first-order chi connectivity index (χ1) is 14.1. The summed E-state index contributed by atoms with van der Waals surface area (Å²) in [4.78, 5) is 24.7. The fourth-order valence-corrected chi connectivity index (χ4v) is 4.03. The third kappa shape index (κ3) is 4.30. The summed E-state index contributed by atoms with van der Waals surface area (Å²) >= 11 is 1.37. The van der Waals surface area contributed by atoms with E-state index < -0.39 is 0 Å². The number of anilines is 1. The molecule has 1 amide bonds. The number of amides is 1. The van der Waals surface area contributed by atoms with Crippen molar-refractivity contribution in [1.82, 2.24) is 4.98 Å². The van der Waals surface area contributed by atoms with Crippen LogP contribution in [0.4, 0.5) is 11.5 Å². The third-order valence-corrected chi connectivity index (χ3v) is 5.56. The molecule has 29 heavy (non-hydrogen) atoms. The molecule has 2 aromatic carbocycles. The minimum absolute atomic E-state index is 0.0767. The first-order valence-electron chi connectivity index (χ1n) is 9.54. The molecule has 4 nitrogen and oxygen atoms in total. The maximum Gasteiger partial charge on any atom is 0.271 e. The molecule has 0 atom stereocenters. The van der Waals surface area contributed by atoms with Gasteiger partial charge in [-0.3, -0.25) is 9.69 Å². The number of thioether (sulfide) groups is 1. The van der Waals surface area contributed by atoms with Gasteiger partial charge in [-0.2, -0.15) is 0 Å². The van der Waals surface area contributed by atoms with Crippen LogP contribution in [0, 0.1) is 6.92 Å². The number of aliphatic imine (C=N–C) groups is 1. The molecule has 1 aliphatic rings. The number of benzene rings is 2. The molecule has 4 rings (SSSR count). The fourth-order valence-electron chi connectivity index (χ4n) is 3.04. The van der Waals surface area contributed by atoms with Crippen LogP contribution in [0.5, 0.6) is 0 Å². The second-order valence-electron chi connectivity index (χ2n) is 6.71.